The molecule has 0 bridgehead atoms. The van der Waals surface area contributed by atoms with Crippen LogP contribution in [0.1, 0.15) is 19.5 Å². The van der Waals surface area contributed by atoms with E-state index < -0.39 is 9.84 Å². The maximum absolute atomic E-state index is 11.7. The van der Waals surface area contributed by atoms with Crippen molar-refractivity contribution in [3.63, 3.8) is 0 Å². The van der Waals surface area contributed by atoms with E-state index in [1.165, 1.54) is 0 Å². The highest BCUT2D eigenvalue weighted by molar-refractivity contribution is 7.91. The average Bonchev–Trinajstić information content (AvgIpc) is 2.63. The lowest BCUT2D eigenvalue weighted by atomic mass is 10.4. The summed E-state index contributed by atoms with van der Waals surface area (Å²) < 4.78 is 25.3. The Balaban J connectivity index is 2.64. The lowest BCUT2D eigenvalue weighted by Gasteiger charge is -2.11. The van der Waals surface area contributed by atoms with Crippen molar-refractivity contribution in [1.29, 1.82) is 0 Å². The predicted molar refractivity (Wildman–Crippen MR) is 66.1 cm³/mol. The Bertz CT molecular complexity index is 421. The molecule has 0 radical (unpaired) electrons. The molecule has 1 rings (SSSR count). The smallest absolute Gasteiger partial charge is 0.154 e. The van der Waals surface area contributed by atoms with Gasteiger partial charge in [0.2, 0.25) is 0 Å². The number of hydrogen-bond donors (Lipinski definition) is 1. The van der Waals surface area contributed by atoms with Crippen LogP contribution < -0.4 is 5.32 Å². The number of hydrogen-bond acceptors (Lipinski definition) is 3. The fourth-order valence-corrected chi connectivity index (χ4v) is 2.39. The third kappa shape index (κ3) is 3.35. The quantitative estimate of drug-likeness (QED) is 0.813. The van der Waals surface area contributed by atoms with E-state index >= 15 is 0 Å². The summed E-state index contributed by atoms with van der Waals surface area (Å²) in [7, 11) is -1.07. The second kappa shape index (κ2) is 5.50. The molecule has 0 aliphatic rings. The van der Waals surface area contributed by atoms with Crippen molar-refractivity contribution in [2.75, 3.05) is 12.8 Å². The van der Waals surface area contributed by atoms with Gasteiger partial charge in [-0.3, -0.25) is 0 Å². The van der Waals surface area contributed by atoms with Gasteiger partial charge in [-0.25, -0.2) is 8.42 Å². The van der Waals surface area contributed by atoms with Gasteiger partial charge in [0.05, 0.1) is 11.0 Å². The molecule has 0 saturated carbocycles. The molecule has 0 atom stereocenters. The Morgan fingerprint density at radius 2 is 2.12 bits per heavy atom. The Kier molecular flexibility index (Phi) is 4.56. The zero-order valence-electron chi connectivity index (χ0n) is 10.1. The molecular weight excluding hydrogens is 224 g/mol. The van der Waals surface area contributed by atoms with Gasteiger partial charge in [-0.05, 0) is 33.0 Å². The molecule has 4 nitrogen and oxygen atoms in total. The summed E-state index contributed by atoms with van der Waals surface area (Å²) in [5.41, 5.74) is 1.11. The molecule has 0 amide bonds. The predicted octanol–water partition coefficient (Wildman–Crippen LogP) is 1.03. The Morgan fingerprint density at radius 1 is 1.44 bits per heavy atom. The minimum atomic E-state index is -2.95. The molecule has 16 heavy (non-hydrogen) atoms. The van der Waals surface area contributed by atoms with E-state index in [0.29, 0.717) is 6.54 Å². The summed E-state index contributed by atoms with van der Waals surface area (Å²) in [6, 6.07) is 3.94. The van der Waals surface area contributed by atoms with Crippen LogP contribution in [0.3, 0.4) is 0 Å². The second-order valence-corrected chi connectivity index (χ2v) is 6.82. The van der Waals surface area contributed by atoms with Crippen LogP contribution in [0.25, 0.3) is 0 Å². The van der Waals surface area contributed by atoms with Gasteiger partial charge in [0.15, 0.2) is 9.84 Å². The molecule has 0 aliphatic carbocycles. The summed E-state index contributed by atoms with van der Waals surface area (Å²) in [5.74, 6) is 0.204. The molecule has 0 aliphatic heterocycles. The molecule has 1 heterocycles. The summed E-state index contributed by atoms with van der Waals surface area (Å²) in [4.78, 5) is 0. The second-order valence-electron chi connectivity index (χ2n) is 4.14. The largest absolute Gasteiger partial charge is 0.349 e. The molecule has 1 N–H and O–H groups in total. The third-order valence-electron chi connectivity index (χ3n) is 2.62. The monoisotopic (exact) mass is 244 g/mol. The number of aromatic nitrogens is 1. The highest BCUT2D eigenvalue weighted by atomic mass is 32.2. The number of sulfone groups is 1. The Hall–Kier alpha value is -0.810. The van der Waals surface area contributed by atoms with E-state index in [1.54, 1.807) is 13.8 Å². The third-order valence-corrected chi connectivity index (χ3v) is 4.80. The van der Waals surface area contributed by atoms with Crippen molar-refractivity contribution in [3.05, 3.63) is 24.0 Å². The van der Waals surface area contributed by atoms with Gasteiger partial charge < -0.3 is 9.88 Å². The molecular formula is C11H20N2O2S. The molecule has 5 heteroatoms. The van der Waals surface area contributed by atoms with Crippen molar-refractivity contribution in [3.8, 4) is 0 Å². The maximum Gasteiger partial charge on any atom is 0.154 e. The van der Waals surface area contributed by atoms with Crippen molar-refractivity contribution >= 4 is 9.84 Å². The highest BCUT2D eigenvalue weighted by Gasteiger charge is 2.16. The van der Waals surface area contributed by atoms with Crippen LogP contribution >= 0.6 is 0 Å². The van der Waals surface area contributed by atoms with Gasteiger partial charge >= 0.3 is 0 Å². The lowest BCUT2D eigenvalue weighted by Crippen LogP contribution is -2.22. The number of rotatable bonds is 6. The van der Waals surface area contributed by atoms with Gasteiger partial charge in [0.25, 0.3) is 0 Å². The van der Waals surface area contributed by atoms with E-state index in [9.17, 15) is 8.42 Å². The average molecular weight is 244 g/mol. The molecule has 1 aromatic rings. The summed E-state index contributed by atoms with van der Waals surface area (Å²) in [6.45, 7) is 4.73. The van der Waals surface area contributed by atoms with Gasteiger partial charge in [0.1, 0.15) is 0 Å². The van der Waals surface area contributed by atoms with Crippen LogP contribution in [0.4, 0.5) is 0 Å². The van der Waals surface area contributed by atoms with Gasteiger partial charge in [-0.1, -0.05) is 0 Å². The first-order chi connectivity index (χ1) is 7.47. The maximum atomic E-state index is 11.7. The first-order valence-corrected chi connectivity index (χ1v) is 7.19. The van der Waals surface area contributed by atoms with Crippen LogP contribution in [0.2, 0.25) is 0 Å². The SMILES string of the molecule is CNCc1cccn1CCS(=O)(=O)C(C)C. The van der Waals surface area contributed by atoms with Crippen LogP contribution in [0, 0.1) is 0 Å². The van der Waals surface area contributed by atoms with E-state index in [-0.39, 0.29) is 11.0 Å². The Morgan fingerprint density at radius 3 is 2.69 bits per heavy atom. The summed E-state index contributed by atoms with van der Waals surface area (Å²) >= 11 is 0. The molecule has 0 fully saturated rings. The topological polar surface area (TPSA) is 51.1 Å². The number of aryl methyl sites for hydroxylation is 1. The minimum Gasteiger partial charge on any atom is -0.349 e. The molecule has 0 spiro atoms. The zero-order chi connectivity index (χ0) is 12.2. The van der Waals surface area contributed by atoms with E-state index in [0.717, 1.165) is 12.2 Å². The molecule has 0 saturated heterocycles. The first-order valence-electron chi connectivity index (χ1n) is 5.47. The van der Waals surface area contributed by atoms with Crippen molar-refractivity contribution in [2.45, 2.75) is 32.2 Å². The Labute approximate surface area is 97.6 Å². The van der Waals surface area contributed by atoms with Gasteiger partial charge in [-0.15, -0.1) is 0 Å². The van der Waals surface area contributed by atoms with Crippen molar-refractivity contribution in [2.24, 2.45) is 0 Å². The van der Waals surface area contributed by atoms with Crippen LogP contribution in [0.15, 0.2) is 18.3 Å². The minimum absolute atomic E-state index is 0.204. The molecule has 1 aromatic heterocycles. The summed E-state index contributed by atoms with van der Waals surface area (Å²) in [6.07, 6.45) is 1.92. The van der Waals surface area contributed by atoms with Gasteiger partial charge in [-0.2, -0.15) is 0 Å². The zero-order valence-corrected chi connectivity index (χ0v) is 10.9. The fraction of sp³-hybridized carbons (Fsp3) is 0.636. The lowest BCUT2D eigenvalue weighted by molar-refractivity contribution is 0.577. The van der Waals surface area contributed by atoms with Crippen LogP contribution in [0.5, 0.6) is 0 Å². The summed E-state index contributed by atoms with van der Waals surface area (Å²) in [5, 5.41) is 2.76. The van der Waals surface area contributed by atoms with E-state index in [4.69, 9.17) is 0 Å². The standard InChI is InChI=1S/C11H20N2O2S/c1-10(2)16(14,15)8-7-13-6-4-5-11(13)9-12-3/h4-6,10,12H,7-9H2,1-3H3. The first kappa shape index (κ1) is 13.3. The molecule has 92 valence electrons. The van der Waals surface area contributed by atoms with E-state index in [1.807, 2.05) is 29.9 Å². The highest BCUT2D eigenvalue weighted by Crippen LogP contribution is 2.06. The molecule has 0 aromatic carbocycles. The normalized spacial score (nSPS) is 12.2. The van der Waals surface area contributed by atoms with Crippen molar-refractivity contribution < 1.29 is 8.42 Å². The molecule has 0 unspecified atom stereocenters. The van der Waals surface area contributed by atoms with Crippen molar-refractivity contribution in [1.82, 2.24) is 9.88 Å². The van der Waals surface area contributed by atoms with Crippen LogP contribution in [-0.4, -0.2) is 31.0 Å². The van der Waals surface area contributed by atoms with Crippen LogP contribution in [-0.2, 0) is 22.9 Å². The number of nitrogens with zero attached hydrogens (tertiary/aromatic N) is 1. The fourth-order valence-electron chi connectivity index (χ4n) is 1.47. The van der Waals surface area contributed by atoms with Gasteiger partial charge in [0, 0.05) is 25.0 Å². The van der Waals surface area contributed by atoms with E-state index in [2.05, 4.69) is 5.32 Å². The number of nitrogens with one attached hydrogen (secondary N) is 1.